The number of rotatable bonds is 6. The summed E-state index contributed by atoms with van der Waals surface area (Å²) in [6.07, 6.45) is 2.51. The lowest BCUT2D eigenvalue weighted by atomic mass is 10.2. The Labute approximate surface area is 163 Å². The van der Waals surface area contributed by atoms with Gasteiger partial charge in [-0.3, -0.25) is 9.47 Å². The minimum Gasteiger partial charge on any atom is -0.296 e. The minimum atomic E-state index is -0.212. The Morgan fingerprint density at radius 1 is 1.00 bits per heavy atom. The van der Waals surface area contributed by atoms with E-state index in [1.165, 1.54) is 25.0 Å². The van der Waals surface area contributed by atoms with Gasteiger partial charge in [0, 0.05) is 10.9 Å². The maximum absolute atomic E-state index is 13.2. The van der Waals surface area contributed by atoms with Crippen LogP contribution < -0.4 is 0 Å². The Morgan fingerprint density at radius 2 is 1.70 bits per heavy atom. The highest BCUT2D eigenvalue weighted by atomic mass is 32.2. The lowest BCUT2D eigenvalue weighted by Crippen LogP contribution is -2.21. The average Bonchev–Trinajstić information content (AvgIpc) is 3.33. The molecule has 0 saturated carbocycles. The highest BCUT2D eigenvalue weighted by Gasteiger charge is 2.21. The van der Waals surface area contributed by atoms with Crippen molar-refractivity contribution in [3.8, 4) is 5.69 Å². The molecule has 1 atom stereocenters. The summed E-state index contributed by atoms with van der Waals surface area (Å²) in [5, 5.41) is 10.0. The van der Waals surface area contributed by atoms with Gasteiger partial charge in [0.2, 0.25) is 0 Å². The molecule has 27 heavy (non-hydrogen) atoms. The van der Waals surface area contributed by atoms with Crippen LogP contribution in [-0.4, -0.2) is 32.8 Å². The first-order chi connectivity index (χ1) is 13.2. The molecule has 2 heterocycles. The maximum Gasteiger partial charge on any atom is 0.196 e. The smallest absolute Gasteiger partial charge is 0.196 e. The standard InChI is InChI=1S/C21H23FN4S/c1-16(17-9-11-18(22)12-10-17)27-21-24-23-20(15-25-13-5-6-14-25)26(21)19-7-3-2-4-8-19/h2-4,7-12,16H,5-6,13-15H2,1H3. The number of hydrogen-bond donors (Lipinski definition) is 0. The SMILES string of the molecule is CC(Sc1nnc(CN2CCCC2)n1-c1ccccc1)c1ccc(F)cc1. The monoisotopic (exact) mass is 382 g/mol. The van der Waals surface area contributed by atoms with Gasteiger partial charge in [0.25, 0.3) is 0 Å². The van der Waals surface area contributed by atoms with Crippen LogP contribution in [0.15, 0.2) is 59.8 Å². The number of benzene rings is 2. The van der Waals surface area contributed by atoms with Crippen molar-refractivity contribution < 1.29 is 4.39 Å². The zero-order valence-corrected chi connectivity index (χ0v) is 16.2. The molecule has 0 spiro atoms. The zero-order valence-electron chi connectivity index (χ0n) is 15.4. The molecule has 6 heteroatoms. The summed E-state index contributed by atoms with van der Waals surface area (Å²) in [6, 6.07) is 16.9. The second kappa shape index (κ2) is 8.23. The molecule has 1 aromatic heterocycles. The fourth-order valence-electron chi connectivity index (χ4n) is 3.42. The predicted molar refractivity (Wildman–Crippen MR) is 107 cm³/mol. The predicted octanol–water partition coefficient (Wildman–Crippen LogP) is 4.86. The molecule has 4 nitrogen and oxygen atoms in total. The largest absolute Gasteiger partial charge is 0.296 e. The van der Waals surface area contributed by atoms with Crippen LogP contribution in [-0.2, 0) is 6.54 Å². The molecule has 0 radical (unpaired) electrons. The summed E-state index contributed by atoms with van der Waals surface area (Å²) in [4.78, 5) is 2.43. The molecule has 3 aromatic rings. The number of nitrogens with zero attached hydrogens (tertiary/aromatic N) is 4. The highest BCUT2D eigenvalue weighted by Crippen LogP contribution is 2.35. The Kier molecular flexibility index (Phi) is 5.55. The van der Waals surface area contributed by atoms with Gasteiger partial charge in [-0.2, -0.15) is 0 Å². The van der Waals surface area contributed by atoms with Crippen LogP contribution in [0.3, 0.4) is 0 Å². The molecular formula is C21H23FN4S. The van der Waals surface area contributed by atoms with Crippen molar-refractivity contribution in [1.82, 2.24) is 19.7 Å². The van der Waals surface area contributed by atoms with Crippen LogP contribution in [0.25, 0.3) is 5.69 Å². The highest BCUT2D eigenvalue weighted by molar-refractivity contribution is 7.99. The third-order valence-corrected chi connectivity index (χ3v) is 6.00. The molecule has 1 saturated heterocycles. The van der Waals surface area contributed by atoms with E-state index in [1.54, 1.807) is 11.8 Å². The number of thioether (sulfide) groups is 1. The van der Waals surface area contributed by atoms with E-state index in [-0.39, 0.29) is 11.1 Å². The van der Waals surface area contributed by atoms with Gasteiger partial charge in [-0.25, -0.2) is 4.39 Å². The molecule has 0 N–H and O–H groups in total. The summed E-state index contributed by atoms with van der Waals surface area (Å²) in [7, 11) is 0. The van der Waals surface area contributed by atoms with Crippen molar-refractivity contribution in [2.75, 3.05) is 13.1 Å². The van der Waals surface area contributed by atoms with Gasteiger partial charge >= 0.3 is 0 Å². The van der Waals surface area contributed by atoms with E-state index < -0.39 is 0 Å². The Morgan fingerprint density at radius 3 is 2.41 bits per heavy atom. The molecule has 1 aliphatic heterocycles. The first kappa shape index (κ1) is 18.2. The van der Waals surface area contributed by atoms with Crippen LogP contribution in [0.2, 0.25) is 0 Å². The first-order valence-corrected chi connectivity index (χ1v) is 10.2. The number of halogens is 1. The third-order valence-electron chi connectivity index (χ3n) is 4.90. The minimum absolute atomic E-state index is 0.150. The molecule has 140 valence electrons. The van der Waals surface area contributed by atoms with Crippen molar-refractivity contribution >= 4 is 11.8 Å². The Bertz CT molecular complexity index is 873. The van der Waals surface area contributed by atoms with Crippen molar-refractivity contribution in [1.29, 1.82) is 0 Å². The van der Waals surface area contributed by atoms with E-state index in [2.05, 4.69) is 38.7 Å². The quantitative estimate of drug-likeness (QED) is 0.571. The van der Waals surface area contributed by atoms with Crippen molar-refractivity contribution in [2.45, 2.75) is 36.7 Å². The second-order valence-electron chi connectivity index (χ2n) is 6.86. The number of aromatic nitrogens is 3. The summed E-state index contributed by atoms with van der Waals surface area (Å²) in [6.45, 7) is 5.17. The van der Waals surface area contributed by atoms with E-state index in [0.29, 0.717) is 0 Å². The van der Waals surface area contributed by atoms with Gasteiger partial charge in [-0.1, -0.05) is 42.1 Å². The Hall–Kier alpha value is -2.18. The van der Waals surface area contributed by atoms with Crippen molar-refractivity contribution in [2.24, 2.45) is 0 Å². The van der Waals surface area contributed by atoms with Crippen LogP contribution in [0.1, 0.15) is 36.4 Å². The lowest BCUT2D eigenvalue weighted by molar-refractivity contribution is 0.319. The summed E-state index contributed by atoms with van der Waals surface area (Å²) in [5.74, 6) is 0.758. The van der Waals surface area contributed by atoms with Crippen molar-refractivity contribution in [3.05, 3.63) is 71.8 Å². The third kappa shape index (κ3) is 4.22. The summed E-state index contributed by atoms with van der Waals surface area (Å²) >= 11 is 1.65. The molecule has 1 unspecified atom stereocenters. The van der Waals surface area contributed by atoms with Gasteiger partial charge < -0.3 is 0 Å². The molecule has 2 aromatic carbocycles. The van der Waals surface area contributed by atoms with Gasteiger partial charge in [-0.15, -0.1) is 10.2 Å². The molecule has 0 aliphatic carbocycles. The summed E-state index contributed by atoms with van der Waals surface area (Å²) in [5.41, 5.74) is 2.15. The Balaban J connectivity index is 1.63. The van der Waals surface area contributed by atoms with Crippen LogP contribution in [0, 0.1) is 5.82 Å². The molecule has 0 amide bonds. The maximum atomic E-state index is 13.2. The summed E-state index contributed by atoms with van der Waals surface area (Å²) < 4.78 is 15.4. The van der Waals surface area contributed by atoms with E-state index in [0.717, 1.165) is 41.9 Å². The van der Waals surface area contributed by atoms with Gasteiger partial charge in [0.05, 0.1) is 6.54 Å². The molecule has 0 bridgehead atoms. The number of likely N-dealkylation sites (tertiary alicyclic amines) is 1. The number of para-hydroxylation sites is 1. The normalized spacial score (nSPS) is 15.9. The second-order valence-corrected chi connectivity index (χ2v) is 8.17. The molecular weight excluding hydrogens is 359 g/mol. The van der Waals surface area contributed by atoms with E-state index in [1.807, 2.05) is 30.3 Å². The van der Waals surface area contributed by atoms with Crippen molar-refractivity contribution in [3.63, 3.8) is 0 Å². The topological polar surface area (TPSA) is 34.0 Å². The lowest BCUT2D eigenvalue weighted by Gasteiger charge is -2.17. The van der Waals surface area contributed by atoms with Gasteiger partial charge in [0.1, 0.15) is 5.82 Å². The van der Waals surface area contributed by atoms with Gasteiger partial charge in [-0.05, 0) is 62.7 Å². The van der Waals surface area contributed by atoms with E-state index in [9.17, 15) is 4.39 Å². The molecule has 4 rings (SSSR count). The molecule has 1 aliphatic rings. The van der Waals surface area contributed by atoms with Crippen LogP contribution in [0.5, 0.6) is 0 Å². The molecule has 1 fully saturated rings. The van der Waals surface area contributed by atoms with E-state index >= 15 is 0 Å². The first-order valence-electron chi connectivity index (χ1n) is 9.35. The van der Waals surface area contributed by atoms with Crippen LogP contribution >= 0.6 is 11.8 Å². The fraction of sp³-hybridized carbons (Fsp3) is 0.333. The fourth-order valence-corrected chi connectivity index (χ4v) is 4.43. The average molecular weight is 383 g/mol. The van der Waals surface area contributed by atoms with Crippen LogP contribution in [0.4, 0.5) is 4.39 Å². The zero-order chi connectivity index (χ0) is 18.6. The van der Waals surface area contributed by atoms with Gasteiger partial charge in [0.15, 0.2) is 11.0 Å². The number of hydrogen-bond acceptors (Lipinski definition) is 4. The van der Waals surface area contributed by atoms with E-state index in [4.69, 9.17) is 0 Å².